The first-order valence-corrected chi connectivity index (χ1v) is 5.72. The molecule has 102 valence electrons. The summed E-state index contributed by atoms with van der Waals surface area (Å²) in [7, 11) is 0. The van der Waals surface area contributed by atoms with Gasteiger partial charge in [-0.25, -0.2) is 0 Å². The normalized spacial score (nSPS) is 23.4. The van der Waals surface area contributed by atoms with Crippen molar-refractivity contribution in [2.45, 2.75) is 19.0 Å². The zero-order chi connectivity index (χ0) is 13.7. The van der Waals surface area contributed by atoms with Gasteiger partial charge >= 0.3 is 0 Å². The number of nitrogens with two attached hydrogens (primary N) is 2. The van der Waals surface area contributed by atoms with Gasteiger partial charge in [-0.15, -0.1) is 0 Å². The molecule has 1 heterocycles. The van der Waals surface area contributed by atoms with Crippen molar-refractivity contribution >= 4 is 17.7 Å². The molecule has 0 spiro atoms. The van der Waals surface area contributed by atoms with Gasteiger partial charge in [0.1, 0.15) is 0 Å². The van der Waals surface area contributed by atoms with Crippen molar-refractivity contribution in [1.82, 2.24) is 15.5 Å². The minimum atomic E-state index is -0.679. The van der Waals surface area contributed by atoms with Crippen LogP contribution in [0, 0.1) is 0 Å². The van der Waals surface area contributed by atoms with Crippen LogP contribution in [0.5, 0.6) is 0 Å². The van der Waals surface area contributed by atoms with Crippen LogP contribution in [0.25, 0.3) is 0 Å². The molecule has 1 saturated heterocycles. The summed E-state index contributed by atoms with van der Waals surface area (Å²) < 4.78 is 0. The van der Waals surface area contributed by atoms with Crippen molar-refractivity contribution in [2.24, 2.45) is 11.5 Å². The number of piperazine rings is 1. The van der Waals surface area contributed by atoms with Crippen LogP contribution in [0.3, 0.4) is 0 Å². The summed E-state index contributed by atoms with van der Waals surface area (Å²) in [6.45, 7) is 2.44. The standard InChI is InChI=1S/C10H19N5O3/c1-6-2-14-7(3-13-6)10(18)15(4-8(11)16)5-9(12)17/h6-7,13-14H,2-5H2,1H3,(H2,11,16)(H2,12,17). The van der Waals surface area contributed by atoms with Crippen molar-refractivity contribution in [1.29, 1.82) is 0 Å². The van der Waals surface area contributed by atoms with Crippen LogP contribution < -0.4 is 22.1 Å². The lowest BCUT2D eigenvalue weighted by Crippen LogP contribution is -2.60. The molecule has 1 rings (SSSR count). The van der Waals surface area contributed by atoms with Crippen molar-refractivity contribution in [3.63, 3.8) is 0 Å². The van der Waals surface area contributed by atoms with Gasteiger partial charge in [0, 0.05) is 19.1 Å². The van der Waals surface area contributed by atoms with Gasteiger partial charge in [-0.1, -0.05) is 0 Å². The van der Waals surface area contributed by atoms with E-state index in [1.165, 1.54) is 0 Å². The summed E-state index contributed by atoms with van der Waals surface area (Å²) in [6, 6.07) is -0.199. The number of hydrogen-bond donors (Lipinski definition) is 4. The third kappa shape index (κ3) is 4.30. The minimum absolute atomic E-state index is 0.273. The monoisotopic (exact) mass is 257 g/mol. The van der Waals surface area contributed by atoms with Crippen LogP contribution in [0.4, 0.5) is 0 Å². The highest BCUT2D eigenvalue weighted by atomic mass is 16.2. The van der Waals surface area contributed by atoms with E-state index in [0.717, 1.165) is 4.90 Å². The number of carbonyl (C=O) groups excluding carboxylic acids is 3. The van der Waals surface area contributed by atoms with E-state index in [-0.39, 0.29) is 25.0 Å². The molecule has 0 radical (unpaired) electrons. The topological polar surface area (TPSA) is 131 Å². The SMILES string of the molecule is CC1CNC(C(=O)N(CC(N)=O)CC(N)=O)CN1. The minimum Gasteiger partial charge on any atom is -0.368 e. The highest BCUT2D eigenvalue weighted by Gasteiger charge is 2.28. The molecule has 0 aromatic heterocycles. The first-order chi connectivity index (χ1) is 8.40. The maximum absolute atomic E-state index is 12.1. The lowest BCUT2D eigenvalue weighted by Gasteiger charge is -2.31. The smallest absolute Gasteiger partial charge is 0.241 e. The van der Waals surface area contributed by atoms with Crippen LogP contribution in [0.15, 0.2) is 0 Å². The zero-order valence-corrected chi connectivity index (χ0v) is 10.3. The molecule has 18 heavy (non-hydrogen) atoms. The fraction of sp³-hybridized carbons (Fsp3) is 0.700. The highest BCUT2D eigenvalue weighted by molar-refractivity contribution is 5.90. The van der Waals surface area contributed by atoms with Crippen LogP contribution in [0.1, 0.15) is 6.92 Å². The average molecular weight is 257 g/mol. The summed E-state index contributed by atoms with van der Waals surface area (Å²) >= 11 is 0. The first-order valence-electron chi connectivity index (χ1n) is 5.72. The van der Waals surface area contributed by atoms with E-state index in [1.54, 1.807) is 0 Å². The lowest BCUT2D eigenvalue weighted by atomic mass is 10.1. The van der Waals surface area contributed by atoms with Crippen molar-refractivity contribution in [2.75, 3.05) is 26.2 Å². The van der Waals surface area contributed by atoms with E-state index in [1.807, 2.05) is 6.92 Å². The Morgan fingerprint density at radius 1 is 1.11 bits per heavy atom. The van der Waals surface area contributed by atoms with Gasteiger partial charge < -0.3 is 27.0 Å². The molecule has 2 atom stereocenters. The molecule has 6 N–H and O–H groups in total. The fourth-order valence-corrected chi connectivity index (χ4v) is 1.77. The second kappa shape index (κ2) is 6.31. The predicted molar refractivity (Wildman–Crippen MR) is 64.2 cm³/mol. The van der Waals surface area contributed by atoms with Crippen molar-refractivity contribution < 1.29 is 14.4 Å². The average Bonchev–Trinajstić information content (AvgIpc) is 2.27. The molecule has 0 aliphatic carbocycles. The Balaban J connectivity index is 2.63. The fourth-order valence-electron chi connectivity index (χ4n) is 1.77. The summed E-state index contributed by atoms with van der Waals surface area (Å²) in [5.41, 5.74) is 10.1. The third-order valence-electron chi connectivity index (χ3n) is 2.64. The molecule has 1 fully saturated rings. The number of primary amides is 2. The van der Waals surface area contributed by atoms with E-state index >= 15 is 0 Å². The van der Waals surface area contributed by atoms with Gasteiger partial charge in [-0.3, -0.25) is 14.4 Å². The van der Waals surface area contributed by atoms with Gasteiger partial charge in [0.15, 0.2) is 0 Å². The Morgan fingerprint density at radius 2 is 1.67 bits per heavy atom. The Morgan fingerprint density at radius 3 is 2.06 bits per heavy atom. The molecule has 2 unspecified atom stereocenters. The quantitative estimate of drug-likeness (QED) is 0.410. The third-order valence-corrected chi connectivity index (χ3v) is 2.64. The summed E-state index contributed by atoms with van der Waals surface area (Å²) in [6.07, 6.45) is 0. The van der Waals surface area contributed by atoms with Crippen LogP contribution in [0.2, 0.25) is 0 Å². The van der Waals surface area contributed by atoms with Gasteiger partial charge in [-0.2, -0.15) is 0 Å². The van der Waals surface area contributed by atoms with E-state index in [9.17, 15) is 14.4 Å². The van der Waals surface area contributed by atoms with E-state index < -0.39 is 17.9 Å². The Kier molecular flexibility index (Phi) is 5.05. The number of rotatable bonds is 5. The van der Waals surface area contributed by atoms with Crippen LogP contribution in [-0.4, -0.2) is 60.9 Å². The molecule has 3 amide bonds. The molecule has 0 aromatic rings. The van der Waals surface area contributed by atoms with Gasteiger partial charge in [0.05, 0.1) is 19.1 Å². The lowest BCUT2D eigenvalue weighted by molar-refractivity contribution is -0.140. The second-order valence-electron chi connectivity index (χ2n) is 4.40. The molecule has 0 saturated carbocycles. The number of hydrogen-bond acceptors (Lipinski definition) is 5. The Hall–Kier alpha value is -1.67. The summed E-state index contributed by atoms with van der Waals surface area (Å²) in [5.74, 6) is -1.71. The molecule has 8 heteroatoms. The summed E-state index contributed by atoms with van der Waals surface area (Å²) in [5, 5.41) is 6.17. The highest BCUT2D eigenvalue weighted by Crippen LogP contribution is 1.99. The predicted octanol–water partition coefficient (Wildman–Crippen LogP) is -3.26. The zero-order valence-electron chi connectivity index (χ0n) is 10.3. The van der Waals surface area contributed by atoms with Crippen LogP contribution >= 0.6 is 0 Å². The maximum Gasteiger partial charge on any atom is 0.241 e. The van der Waals surface area contributed by atoms with E-state index in [4.69, 9.17) is 11.5 Å². The van der Waals surface area contributed by atoms with E-state index in [2.05, 4.69) is 10.6 Å². The molecular weight excluding hydrogens is 238 g/mol. The number of nitrogens with one attached hydrogen (secondary N) is 2. The van der Waals surface area contributed by atoms with Crippen molar-refractivity contribution in [3.8, 4) is 0 Å². The van der Waals surface area contributed by atoms with E-state index in [0.29, 0.717) is 13.1 Å². The number of nitrogens with zero attached hydrogens (tertiary/aromatic N) is 1. The van der Waals surface area contributed by atoms with Gasteiger partial charge in [0.25, 0.3) is 0 Å². The van der Waals surface area contributed by atoms with Gasteiger partial charge in [-0.05, 0) is 6.92 Å². The number of amides is 3. The molecule has 0 bridgehead atoms. The first kappa shape index (κ1) is 14.4. The van der Waals surface area contributed by atoms with Crippen LogP contribution in [-0.2, 0) is 14.4 Å². The van der Waals surface area contributed by atoms with Gasteiger partial charge in [0.2, 0.25) is 17.7 Å². The maximum atomic E-state index is 12.1. The molecule has 1 aliphatic heterocycles. The van der Waals surface area contributed by atoms with Crippen molar-refractivity contribution in [3.05, 3.63) is 0 Å². The molecule has 0 aromatic carbocycles. The summed E-state index contributed by atoms with van der Waals surface area (Å²) in [4.78, 5) is 34.9. The molecule has 8 nitrogen and oxygen atoms in total. The molecular formula is C10H19N5O3. The molecule has 1 aliphatic rings. The number of carbonyl (C=O) groups is 3. The Bertz CT molecular complexity index is 322. The largest absolute Gasteiger partial charge is 0.368 e. The Labute approximate surface area is 105 Å². The second-order valence-corrected chi connectivity index (χ2v) is 4.40.